The number of anilines is 3. The summed E-state index contributed by atoms with van der Waals surface area (Å²) in [6.07, 6.45) is 1.58. The molecule has 0 bridgehead atoms. The molecule has 4 rings (SSSR count). The first-order chi connectivity index (χ1) is 13.2. The summed E-state index contributed by atoms with van der Waals surface area (Å²) in [6, 6.07) is 23.0. The lowest BCUT2D eigenvalue weighted by Crippen LogP contribution is -2.14. The van der Waals surface area contributed by atoms with Gasteiger partial charge in [-0.25, -0.2) is 9.37 Å². The highest BCUT2D eigenvalue weighted by Crippen LogP contribution is 2.22. The zero-order valence-electron chi connectivity index (χ0n) is 14.3. The van der Waals surface area contributed by atoms with Crippen LogP contribution < -0.4 is 10.6 Å². The predicted octanol–water partition coefficient (Wildman–Crippen LogP) is 5.37. The molecule has 0 aliphatic rings. The molecule has 1 amide bonds. The van der Waals surface area contributed by atoms with Gasteiger partial charge in [0, 0.05) is 17.6 Å². The van der Waals surface area contributed by atoms with Gasteiger partial charge in [-0.2, -0.15) is 0 Å². The van der Waals surface area contributed by atoms with Crippen LogP contribution in [-0.4, -0.2) is 10.9 Å². The van der Waals surface area contributed by atoms with Gasteiger partial charge in [0.25, 0.3) is 5.91 Å². The Morgan fingerprint density at radius 3 is 2.52 bits per heavy atom. The first kappa shape index (κ1) is 16.7. The minimum Gasteiger partial charge on any atom is -0.339 e. The van der Waals surface area contributed by atoms with Gasteiger partial charge in [0.2, 0.25) is 0 Å². The van der Waals surface area contributed by atoms with Crippen molar-refractivity contribution in [3.8, 4) is 0 Å². The molecule has 5 heteroatoms. The first-order valence-electron chi connectivity index (χ1n) is 8.47. The highest BCUT2D eigenvalue weighted by atomic mass is 19.1. The minimum atomic E-state index is -0.363. The fourth-order valence-corrected chi connectivity index (χ4v) is 2.86. The summed E-state index contributed by atoms with van der Waals surface area (Å²) in [6.45, 7) is 0. The summed E-state index contributed by atoms with van der Waals surface area (Å²) < 4.78 is 13.4. The van der Waals surface area contributed by atoms with Crippen molar-refractivity contribution < 1.29 is 9.18 Å². The molecule has 0 aliphatic heterocycles. The maximum absolute atomic E-state index is 13.4. The number of hydrogen-bond acceptors (Lipinski definition) is 3. The number of rotatable bonds is 4. The second-order valence-electron chi connectivity index (χ2n) is 6.05. The van der Waals surface area contributed by atoms with Gasteiger partial charge in [0.1, 0.15) is 11.6 Å². The molecule has 2 N–H and O–H groups in total. The molecule has 27 heavy (non-hydrogen) atoms. The number of amides is 1. The van der Waals surface area contributed by atoms with Gasteiger partial charge < -0.3 is 10.6 Å². The Balaban J connectivity index is 1.59. The van der Waals surface area contributed by atoms with E-state index in [1.165, 1.54) is 12.1 Å². The summed E-state index contributed by atoms with van der Waals surface area (Å²) in [5.41, 5.74) is 1.59. The molecule has 0 saturated carbocycles. The Morgan fingerprint density at radius 2 is 1.67 bits per heavy atom. The normalized spacial score (nSPS) is 10.6. The van der Waals surface area contributed by atoms with Gasteiger partial charge in [0.05, 0.1) is 5.56 Å². The smallest absolute Gasteiger partial charge is 0.259 e. The molecule has 1 aromatic heterocycles. The van der Waals surface area contributed by atoms with E-state index in [4.69, 9.17) is 0 Å². The number of aromatic nitrogens is 1. The van der Waals surface area contributed by atoms with Crippen molar-refractivity contribution in [2.45, 2.75) is 0 Å². The summed E-state index contributed by atoms with van der Waals surface area (Å²) in [5.74, 6) is -0.295. The quantitative estimate of drug-likeness (QED) is 0.516. The third kappa shape index (κ3) is 3.77. The highest BCUT2D eigenvalue weighted by Gasteiger charge is 2.13. The van der Waals surface area contributed by atoms with Crippen molar-refractivity contribution in [1.29, 1.82) is 0 Å². The number of halogens is 1. The number of nitrogens with zero attached hydrogens (tertiary/aromatic N) is 1. The van der Waals surface area contributed by atoms with Gasteiger partial charge in [0.15, 0.2) is 0 Å². The van der Waals surface area contributed by atoms with Crippen LogP contribution in [0.3, 0.4) is 0 Å². The van der Waals surface area contributed by atoms with Gasteiger partial charge >= 0.3 is 0 Å². The van der Waals surface area contributed by atoms with Crippen molar-refractivity contribution in [3.05, 3.63) is 96.4 Å². The average Bonchev–Trinajstić information content (AvgIpc) is 2.68. The van der Waals surface area contributed by atoms with Crippen molar-refractivity contribution >= 4 is 33.9 Å². The van der Waals surface area contributed by atoms with Crippen LogP contribution in [0.1, 0.15) is 10.4 Å². The summed E-state index contributed by atoms with van der Waals surface area (Å²) >= 11 is 0. The molecule has 0 unspecified atom stereocenters. The van der Waals surface area contributed by atoms with Crippen LogP contribution in [0.5, 0.6) is 0 Å². The molecule has 0 fully saturated rings. The van der Waals surface area contributed by atoms with Crippen molar-refractivity contribution in [2.75, 3.05) is 10.6 Å². The maximum atomic E-state index is 13.4. The Labute approximate surface area is 155 Å². The van der Waals surface area contributed by atoms with Crippen LogP contribution in [0.2, 0.25) is 0 Å². The Kier molecular flexibility index (Phi) is 4.49. The lowest BCUT2D eigenvalue weighted by atomic mass is 10.1. The first-order valence-corrected chi connectivity index (χ1v) is 8.47. The van der Waals surface area contributed by atoms with E-state index in [1.54, 1.807) is 30.5 Å². The number of benzene rings is 3. The van der Waals surface area contributed by atoms with Crippen LogP contribution in [0.4, 0.5) is 21.6 Å². The summed E-state index contributed by atoms with van der Waals surface area (Å²) in [5, 5.41) is 8.04. The van der Waals surface area contributed by atoms with Crippen LogP contribution in [0.25, 0.3) is 10.8 Å². The molecule has 4 aromatic rings. The van der Waals surface area contributed by atoms with E-state index in [-0.39, 0.29) is 11.7 Å². The second-order valence-corrected chi connectivity index (χ2v) is 6.05. The van der Waals surface area contributed by atoms with Gasteiger partial charge in [-0.05, 0) is 53.2 Å². The topological polar surface area (TPSA) is 54.0 Å². The number of fused-ring (bicyclic) bond motifs is 1. The van der Waals surface area contributed by atoms with Crippen LogP contribution in [-0.2, 0) is 0 Å². The number of pyridine rings is 1. The minimum absolute atomic E-state index is 0.294. The van der Waals surface area contributed by atoms with E-state index in [9.17, 15) is 9.18 Å². The molecule has 132 valence electrons. The Morgan fingerprint density at radius 1 is 0.815 bits per heavy atom. The molecule has 0 saturated heterocycles. The monoisotopic (exact) mass is 357 g/mol. The molecule has 0 aliphatic carbocycles. The van der Waals surface area contributed by atoms with Crippen molar-refractivity contribution in [2.24, 2.45) is 0 Å². The number of hydrogen-bond donors (Lipinski definition) is 2. The number of carbonyl (C=O) groups is 1. The van der Waals surface area contributed by atoms with E-state index < -0.39 is 0 Å². The summed E-state index contributed by atoms with van der Waals surface area (Å²) in [7, 11) is 0. The molecule has 0 spiro atoms. The highest BCUT2D eigenvalue weighted by molar-refractivity contribution is 6.08. The molecule has 4 nitrogen and oxygen atoms in total. The van der Waals surface area contributed by atoms with E-state index >= 15 is 0 Å². The molecule has 1 heterocycles. The Hall–Kier alpha value is -3.73. The SMILES string of the molecule is O=C(Nc1ccc2ccccc2c1)c1cccnc1Nc1cccc(F)c1. The molecule has 0 atom stereocenters. The lowest BCUT2D eigenvalue weighted by molar-refractivity contribution is 0.102. The predicted molar refractivity (Wildman–Crippen MR) is 106 cm³/mol. The van der Waals surface area contributed by atoms with Crippen LogP contribution >= 0.6 is 0 Å². The third-order valence-corrected chi connectivity index (χ3v) is 4.15. The van der Waals surface area contributed by atoms with Gasteiger partial charge in [-0.1, -0.05) is 36.4 Å². The van der Waals surface area contributed by atoms with Crippen molar-refractivity contribution in [3.63, 3.8) is 0 Å². The Bertz CT molecular complexity index is 1130. The van der Waals surface area contributed by atoms with E-state index in [0.717, 1.165) is 10.8 Å². The van der Waals surface area contributed by atoms with Crippen LogP contribution in [0, 0.1) is 5.82 Å². The standard InChI is InChI=1S/C22H16FN3O/c23-17-7-3-8-18(14-17)25-21-20(9-4-12-24-21)22(27)26-19-11-10-15-5-1-2-6-16(15)13-19/h1-14H,(H,24,25)(H,26,27). The zero-order valence-corrected chi connectivity index (χ0v) is 14.3. The second kappa shape index (κ2) is 7.25. The largest absolute Gasteiger partial charge is 0.339 e. The molecular formula is C22H16FN3O. The fourth-order valence-electron chi connectivity index (χ4n) is 2.86. The van der Waals surface area contributed by atoms with E-state index in [0.29, 0.717) is 22.8 Å². The summed E-state index contributed by atoms with van der Waals surface area (Å²) in [4.78, 5) is 17.0. The van der Waals surface area contributed by atoms with Gasteiger partial charge in [-0.3, -0.25) is 4.79 Å². The maximum Gasteiger partial charge on any atom is 0.259 e. The zero-order chi connectivity index (χ0) is 18.6. The fraction of sp³-hybridized carbons (Fsp3) is 0. The van der Waals surface area contributed by atoms with E-state index in [1.807, 2.05) is 42.5 Å². The lowest BCUT2D eigenvalue weighted by Gasteiger charge is -2.12. The molecular weight excluding hydrogens is 341 g/mol. The molecule has 3 aromatic carbocycles. The van der Waals surface area contributed by atoms with Gasteiger partial charge in [-0.15, -0.1) is 0 Å². The van der Waals surface area contributed by atoms with E-state index in [2.05, 4.69) is 15.6 Å². The third-order valence-electron chi connectivity index (χ3n) is 4.15. The van der Waals surface area contributed by atoms with Crippen molar-refractivity contribution in [1.82, 2.24) is 4.98 Å². The van der Waals surface area contributed by atoms with Crippen LogP contribution in [0.15, 0.2) is 85.1 Å². The number of carbonyl (C=O) groups excluding carboxylic acids is 1. The number of nitrogens with one attached hydrogen (secondary N) is 2. The molecule has 0 radical (unpaired) electrons. The average molecular weight is 357 g/mol.